The molecule has 0 unspecified atom stereocenters. The molecule has 2 aromatic carbocycles. The SMILES string of the molecule is Cc1cc(NC2Cc3ccccc3C2)ccc1O. The minimum absolute atomic E-state index is 0.357. The van der Waals surface area contributed by atoms with E-state index < -0.39 is 0 Å². The first-order valence-electron chi connectivity index (χ1n) is 6.35. The highest BCUT2D eigenvalue weighted by Gasteiger charge is 2.20. The number of hydrogen-bond acceptors (Lipinski definition) is 2. The summed E-state index contributed by atoms with van der Waals surface area (Å²) in [4.78, 5) is 0. The molecule has 0 heterocycles. The van der Waals surface area contributed by atoms with Crippen LogP contribution < -0.4 is 5.32 Å². The lowest BCUT2D eigenvalue weighted by Crippen LogP contribution is -2.19. The monoisotopic (exact) mass is 239 g/mol. The van der Waals surface area contributed by atoms with Gasteiger partial charge >= 0.3 is 0 Å². The van der Waals surface area contributed by atoms with Gasteiger partial charge in [-0.1, -0.05) is 24.3 Å². The average Bonchev–Trinajstić information content (AvgIpc) is 2.76. The highest BCUT2D eigenvalue weighted by Crippen LogP contribution is 2.26. The molecule has 0 fully saturated rings. The molecule has 1 aliphatic rings. The lowest BCUT2D eigenvalue weighted by atomic mass is 10.1. The van der Waals surface area contributed by atoms with Crippen molar-refractivity contribution in [2.45, 2.75) is 25.8 Å². The summed E-state index contributed by atoms with van der Waals surface area (Å²) in [6, 6.07) is 14.8. The Labute approximate surface area is 107 Å². The van der Waals surface area contributed by atoms with Crippen LogP contribution in [0.2, 0.25) is 0 Å². The van der Waals surface area contributed by atoms with Crippen LogP contribution in [0.3, 0.4) is 0 Å². The van der Waals surface area contributed by atoms with Crippen LogP contribution in [0.5, 0.6) is 5.75 Å². The molecule has 18 heavy (non-hydrogen) atoms. The van der Waals surface area contributed by atoms with Gasteiger partial charge in [-0.15, -0.1) is 0 Å². The molecule has 0 atom stereocenters. The van der Waals surface area contributed by atoms with Gasteiger partial charge in [0.2, 0.25) is 0 Å². The Balaban J connectivity index is 1.74. The second-order valence-electron chi connectivity index (χ2n) is 5.02. The normalized spacial score (nSPS) is 14.5. The Hall–Kier alpha value is -1.96. The number of aryl methyl sites for hydroxylation is 1. The molecule has 2 N–H and O–H groups in total. The van der Waals surface area contributed by atoms with Crippen molar-refractivity contribution in [1.29, 1.82) is 0 Å². The summed E-state index contributed by atoms with van der Waals surface area (Å²) in [7, 11) is 0. The summed E-state index contributed by atoms with van der Waals surface area (Å²) < 4.78 is 0. The van der Waals surface area contributed by atoms with Crippen LogP contribution >= 0.6 is 0 Å². The van der Waals surface area contributed by atoms with Crippen LogP contribution in [0.1, 0.15) is 16.7 Å². The first kappa shape index (κ1) is 11.1. The second-order valence-corrected chi connectivity index (χ2v) is 5.02. The van der Waals surface area contributed by atoms with E-state index in [2.05, 4.69) is 29.6 Å². The number of phenolic OH excluding ortho intramolecular Hbond substituents is 1. The van der Waals surface area contributed by atoms with E-state index in [1.807, 2.05) is 19.1 Å². The Bertz CT molecular complexity index is 552. The summed E-state index contributed by atoms with van der Waals surface area (Å²) in [5.41, 5.74) is 4.90. The minimum Gasteiger partial charge on any atom is -0.508 e. The molecular formula is C16H17NO. The van der Waals surface area contributed by atoms with Gasteiger partial charge in [-0.25, -0.2) is 0 Å². The fraction of sp³-hybridized carbons (Fsp3) is 0.250. The molecule has 0 bridgehead atoms. The van der Waals surface area contributed by atoms with E-state index in [1.165, 1.54) is 11.1 Å². The minimum atomic E-state index is 0.357. The van der Waals surface area contributed by atoms with Crippen molar-refractivity contribution in [1.82, 2.24) is 0 Å². The van der Waals surface area contributed by atoms with E-state index in [0.29, 0.717) is 11.8 Å². The van der Waals surface area contributed by atoms with Crippen LogP contribution in [-0.2, 0) is 12.8 Å². The van der Waals surface area contributed by atoms with E-state index in [9.17, 15) is 5.11 Å². The lowest BCUT2D eigenvalue weighted by molar-refractivity contribution is 0.471. The van der Waals surface area contributed by atoms with Crippen molar-refractivity contribution in [3.63, 3.8) is 0 Å². The molecule has 92 valence electrons. The van der Waals surface area contributed by atoms with Crippen LogP contribution in [-0.4, -0.2) is 11.1 Å². The van der Waals surface area contributed by atoms with Crippen molar-refractivity contribution < 1.29 is 5.11 Å². The van der Waals surface area contributed by atoms with Crippen molar-refractivity contribution >= 4 is 5.69 Å². The largest absolute Gasteiger partial charge is 0.508 e. The number of aromatic hydroxyl groups is 1. The predicted molar refractivity (Wildman–Crippen MR) is 74.1 cm³/mol. The molecule has 2 heteroatoms. The summed E-state index contributed by atoms with van der Waals surface area (Å²) in [5.74, 6) is 0.357. The van der Waals surface area contributed by atoms with Crippen LogP contribution in [0.4, 0.5) is 5.69 Å². The molecule has 0 saturated carbocycles. The van der Waals surface area contributed by atoms with Crippen LogP contribution in [0.25, 0.3) is 0 Å². The highest BCUT2D eigenvalue weighted by molar-refractivity contribution is 5.52. The molecule has 3 rings (SSSR count). The van der Waals surface area contributed by atoms with Crippen molar-refractivity contribution in [2.75, 3.05) is 5.32 Å². The third-order valence-corrected chi connectivity index (χ3v) is 3.62. The number of fused-ring (bicyclic) bond motifs is 1. The van der Waals surface area contributed by atoms with Gasteiger partial charge in [0.05, 0.1) is 0 Å². The second kappa shape index (κ2) is 4.37. The maximum atomic E-state index is 9.52. The Kier molecular flexibility index (Phi) is 2.71. The fourth-order valence-electron chi connectivity index (χ4n) is 2.64. The quantitative estimate of drug-likeness (QED) is 0.788. The van der Waals surface area contributed by atoms with E-state index in [1.54, 1.807) is 6.07 Å². The Morgan fingerprint density at radius 3 is 2.33 bits per heavy atom. The standard InChI is InChI=1S/C16H17NO/c1-11-8-14(6-7-16(11)18)17-15-9-12-4-2-3-5-13(12)10-15/h2-8,15,17-18H,9-10H2,1H3. The average molecular weight is 239 g/mol. The van der Waals surface area contributed by atoms with Crippen LogP contribution in [0.15, 0.2) is 42.5 Å². The molecule has 0 amide bonds. The van der Waals surface area contributed by atoms with Crippen molar-refractivity contribution in [3.8, 4) is 5.75 Å². The molecule has 0 saturated heterocycles. The summed E-state index contributed by atoms with van der Waals surface area (Å²) in [6.07, 6.45) is 2.16. The summed E-state index contributed by atoms with van der Waals surface area (Å²) >= 11 is 0. The highest BCUT2D eigenvalue weighted by atomic mass is 16.3. The number of rotatable bonds is 2. The van der Waals surface area contributed by atoms with E-state index in [0.717, 1.165) is 24.1 Å². The maximum absolute atomic E-state index is 9.52. The molecular weight excluding hydrogens is 222 g/mol. The van der Waals surface area contributed by atoms with E-state index >= 15 is 0 Å². The van der Waals surface area contributed by atoms with Crippen molar-refractivity contribution in [2.24, 2.45) is 0 Å². The zero-order valence-corrected chi connectivity index (χ0v) is 10.5. The fourth-order valence-corrected chi connectivity index (χ4v) is 2.64. The van der Waals surface area contributed by atoms with Gasteiger partial charge in [-0.3, -0.25) is 0 Å². The first-order chi connectivity index (χ1) is 8.72. The first-order valence-corrected chi connectivity index (χ1v) is 6.35. The lowest BCUT2D eigenvalue weighted by Gasteiger charge is -2.14. The number of nitrogens with one attached hydrogen (secondary N) is 1. The zero-order valence-electron chi connectivity index (χ0n) is 10.5. The third kappa shape index (κ3) is 2.06. The van der Waals surface area contributed by atoms with Gasteiger partial charge in [-0.2, -0.15) is 0 Å². The van der Waals surface area contributed by atoms with Gasteiger partial charge in [0, 0.05) is 11.7 Å². The third-order valence-electron chi connectivity index (χ3n) is 3.62. The number of phenols is 1. The summed E-state index contributed by atoms with van der Waals surface area (Å²) in [6.45, 7) is 1.92. The van der Waals surface area contributed by atoms with E-state index in [-0.39, 0.29) is 0 Å². The topological polar surface area (TPSA) is 32.3 Å². The number of hydrogen-bond donors (Lipinski definition) is 2. The van der Waals surface area contributed by atoms with Gasteiger partial charge in [0.25, 0.3) is 0 Å². The number of benzene rings is 2. The van der Waals surface area contributed by atoms with Gasteiger partial charge in [-0.05, 0) is 54.7 Å². The van der Waals surface area contributed by atoms with Gasteiger partial charge in [0.15, 0.2) is 0 Å². The molecule has 0 spiro atoms. The molecule has 0 radical (unpaired) electrons. The van der Waals surface area contributed by atoms with Crippen molar-refractivity contribution in [3.05, 3.63) is 59.2 Å². The molecule has 0 aromatic heterocycles. The maximum Gasteiger partial charge on any atom is 0.118 e. The van der Waals surface area contributed by atoms with Gasteiger partial charge < -0.3 is 10.4 Å². The molecule has 1 aliphatic carbocycles. The smallest absolute Gasteiger partial charge is 0.118 e. The molecule has 2 nitrogen and oxygen atoms in total. The number of anilines is 1. The Morgan fingerprint density at radius 1 is 1.06 bits per heavy atom. The zero-order chi connectivity index (χ0) is 12.5. The van der Waals surface area contributed by atoms with Gasteiger partial charge in [0.1, 0.15) is 5.75 Å². The Morgan fingerprint density at radius 2 is 1.72 bits per heavy atom. The molecule has 0 aliphatic heterocycles. The molecule has 2 aromatic rings. The van der Waals surface area contributed by atoms with Crippen LogP contribution in [0, 0.1) is 6.92 Å². The summed E-state index contributed by atoms with van der Waals surface area (Å²) in [5, 5.41) is 13.1. The van der Waals surface area contributed by atoms with E-state index in [4.69, 9.17) is 0 Å². The predicted octanol–water partition coefficient (Wildman–Crippen LogP) is 3.28.